The monoisotopic (exact) mass is 442 g/mol. The summed E-state index contributed by atoms with van der Waals surface area (Å²) in [5.41, 5.74) is 0.962. The highest BCUT2D eigenvalue weighted by atomic mass is 32.2. The standard InChI is InChI=1S/C22H22N2O4S2/c1-16(29-20-6-4-3-5-7-20)22(25)23-17-10-14-21(15-11-17)30(26,27)24-18-8-12-19(28-2)13-9-18/h3-16,24H,1-2H3,(H,23,25)/t16-/m0/s1. The van der Waals surface area contributed by atoms with Crippen molar-refractivity contribution in [2.24, 2.45) is 0 Å². The molecule has 1 amide bonds. The second-order valence-electron chi connectivity index (χ2n) is 6.42. The van der Waals surface area contributed by atoms with Crippen LogP contribution < -0.4 is 14.8 Å². The van der Waals surface area contributed by atoms with Gasteiger partial charge in [-0.3, -0.25) is 9.52 Å². The van der Waals surface area contributed by atoms with Gasteiger partial charge in [-0.2, -0.15) is 0 Å². The number of carbonyl (C=O) groups excluding carboxylic acids is 1. The van der Waals surface area contributed by atoms with Crippen LogP contribution in [0.15, 0.2) is 88.7 Å². The molecular weight excluding hydrogens is 420 g/mol. The van der Waals surface area contributed by atoms with Gasteiger partial charge in [-0.1, -0.05) is 18.2 Å². The van der Waals surface area contributed by atoms with E-state index in [0.717, 1.165) is 4.90 Å². The average Bonchev–Trinajstić information content (AvgIpc) is 2.75. The summed E-state index contributed by atoms with van der Waals surface area (Å²) in [6.07, 6.45) is 0. The van der Waals surface area contributed by atoms with E-state index in [1.807, 2.05) is 37.3 Å². The number of ether oxygens (including phenoxy) is 1. The number of sulfonamides is 1. The van der Waals surface area contributed by atoms with Crippen LogP contribution in [0.3, 0.4) is 0 Å². The lowest BCUT2D eigenvalue weighted by Gasteiger charge is -2.13. The van der Waals surface area contributed by atoms with Crippen molar-refractivity contribution in [1.29, 1.82) is 0 Å². The van der Waals surface area contributed by atoms with Crippen LogP contribution >= 0.6 is 11.8 Å². The lowest BCUT2D eigenvalue weighted by molar-refractivity contribution is -0.115. The number of amides is 1. The van der Waals surface area contributed by atoms with E-state index in [1.54, 1.807) is 43.5 Å². The predicted octanol–water partition coefficient (Wildman–Crippen LogP) is 4.62. The van der Waals surface area contributed by atoms with Gasteiger partial charge in [-0.15, -0.1) is 11.8 Å². The van der Waals surface area contributed by atoms with Crippen LogP contribution in [-0.2, 0) is 14.8 Å². The summed E-state index contributed by atoms with van der Waals surface area (Å²) in [7, 11) is -2.20. The van der Waals surface area contributed by atoms with Crippen LogP contribution in [0.4, 0.5) is 11.4 Å². The highest BCUT2D eigenvalue weighted by molar-refractivity contribution is 8.00. The Morgan fingerprint density at radius 2 is 1.50 bits per heavy atom. The van der Waals surface area contributed by atoms with Gasteiger partial charge in [-0.05, 0) is 67.6 Å². The maximum atomic E-state index is 12.6. The molecule has 0 aliphatic carbocycles. The van der Waals surface area contributed by atoms with Crippen molar-refractivity contribution < 1.29 is 17.9 Å². The molecule has 0 saturated heterocycles. The minimum Gasteiger partial charge on any atom is -0.497 e. The quantitative estimate of drug-likeness (QED) is 0.498. The van der Waals surface area contributed by atoms with Crippen molar-refractivity contribution in [2.75, 3.05) is 17.1 Å². The third kappa shape index (κ3) is 5.77. The summed E-state index contributed by atoms with van der Waals surface area (Å²) in [6, 6.07) is 22.3. The summed E-state index contributed by atoms with van der Waals surface area (Å²) in [5.74, 6) is 0.480. The molecule has 0 aliphatic rings. The first-order chi connectivity index (χ1) is 14.4. The van der Waals surface area contributed by atoms with E-state index in [2.05, 4.69) is 10.0 Å². The van der Waals surface area contributed by atoms with E-state index in [4.69, 9.17) is 4.74 Å². The Bertz CT molecular complexity index is 1080. The number of anilines is 2. The number of methoxy groups -OCH3 is 1. The van der Waals surface area contributed by atoms with E-state index in [0.29, 0.717) is 17.1 Å². The Labute approximate surface area is 180 Å². The number of rotatable bonds is 8. The number of hydrogen-bond acceptors (Lipinski definition) is 5. The Kier molecular flexibility index (Phi) is 7.02. The van der Waals surface area contributed by atoms with Crippen molar-refractivity contribution >= 4 is 39.1 Å². The maximum Gasteiger partial charge on any atom is 0.261 e. The van der Waals surface area contributed by atoms with Gasteiger partial charge in [0.05, 0.1) is 17.3 Å². The van der Waals surface area contributed by atoms with Crippen molar-refractivity contribution in [3.63, 3.8) is 0 Å². The molecule has 156 valence electrons. The molecule has 30 heavy (non-hydrogen) atoms. The lowest BCUT2D eigenvalue weighted by Crippen LogP contribution is -2.22. The molecule has 8 heteroatoms. The molecule has 0 heterocycles. The molecule has 6 nitrogen and oxygen atoms in total. The first kappa shape index (κ1) is 21.7. The van der Waals surface area contributed by atoms with E-state index in [9.17, 15) is 13.2 Å². The zero-order chi connectivity index (χ0) is 21.6. The molecule has 3 aromatic rings. The van der Waals surface area contributed by atoms with Crippen molar-refractivity contribution in [1.82, 2.24) is 0 Å². The van der Waals surface area contributed by atoms with Crippen LogP contribution in [0.5, 0.6) is 5.75 Å². The molecule has 0 bridgehead atoms. The lowest BCUT2D eigenvalue weighted by atomic mass is 10.3. The highest BCUT2D eigenvalue weighted by Crippen LogP contribution is 2.24. The van der Waals surface area contributed by atoms with Gasteiger partial charge in [0.2, 0.25) is 5.91 Å². The molecule has 2 N–H and O–H groups in total. The molecule has 1 atom stereocenters. The minimum atomic E-state index is -3.74. The molecule has 0 aliphatic heterocycles. The zero-order valence-electron chi connectivity index (χ0n) is 16.5. The van der Waals surface area contributed by atoms with Gasteiger partial charge >= 0.3 is 0 Å². The van der Waals surface area contributed by atoms with Gasteiger partial charge in [0.25, 0.3) is 10.0 Å². The Morgan fingerprint density at radius 1 is 0.900 bits per heavy atom. The molecule has 3 rings (SSSR count). The minimum absolute atomic E-state index is 0.100. The summed E-state index contributed by atoms with van der Waals surface area (Å²) < 4.78 is 32.7. The maximum absolute atomic E-state index is 12.6. The molecule has 0 spiro atoms. The topological polar surface area (TPSA) is 84.5 Å². The van der Waals surface area contributed by atoms with Crippen LogP contribution in [0.2, 0.25) is 0 Å². The van der Waals surface area contributed by atoms with Crippen LogP contribution in [-0.4, -0.2) is 26.7 Å². The van der Waals surface area contributed by atoms with Gasteiger partial charge in [0.15, 0.2) is 0 Å². The fourth-order valence-corrected chi connectivity index (χ4v) is 4.54. The van der Waals surface area contributed by atoms with Crippen LogP contribution in [0, 0.1) is 0 Å². The van der Waals surface area contributed by atoms with E-state index in [-0.39, 0.29) is 16.1 Å². The summed E-state index contributed by atoms with van der Waals surface area (Å²) in [6.45, 7) is 1.82. The highest BCUT2D eigenvalue weighted by Gasteiger charge is 2.17. The molecule has 0 saturated carbocycles. The smallest absolute Gasteiger partial charge is 0.261 e. The summed E-state index contributed by atoms with van der Waals surface area (Å²) >= 11 is 1.46. The fourth-order valence-electron chi connectivity index (χ4n) is 2.59. The van der Waals surface area contributed by atoms with Gasteiger partial charge in [0, 0.05) is 16.3 Å². The SMILES string of the molecule is COc1ccc(NS(=O)(=O)c2ccc(NC(=O)[C@H](C)Sc3ccccc3)cc2)cc1. The molecule has 0 fully saturated rings. The van der Waals surface area contributed by atoms with E-state index in [1.165, 1.54) is 23.9 Å². The van der Waals surface area contributed by atoms with Crippen molar-refractivity contribution in [3.8, 4) is 5.75 Å². The average molecular weight is 443 g/mol. The third-order valence-corrected chi connectivity index (χ3v) is 6.71. The molecule has 0 radical (unpaired) electrons. The van der Waals surface area contributed by atoms with E-state index < -0.39 is 10.0 Å². The van der Waals surface area contributed by atoms with Crippen molar-refractivity contribution in [2.45, 2.75) is 22.0 Å². The number of hydrogen-bond donors (Lipinski definition) is 2. The number of carbonyl (C=O) groups is 1. The normalized spacial score (nSPS) is 12.1. The zero-order valence-corrected chi connectivity index (χ0v) is 18.2. The first-order valence-electron chi connectivity index (χ1n) is 9.17. The first-order valence-corrected chi connectivity index (χ1v) is 11.5. The van der Waals surface area contributed by atoms with Crippen LogP contribution in [0.25, 0.3) is 0 Å². The van der Waals surface area contributed by atoms with Gasteiger partial charge in [0.1, 0.15) is 5.75 Å². The van der Waals surface area contributed by atoms with E-state index >= 15 is 0 Å². The second kappa shape index (κ2) is 9.69. The third-order valence-electron chi connectivity index (χ3n) is 4.20. The fraction of sp³-hybridized carbons (Fsp3) is 0.136. The molecule has 0 unspecified atom stereocenters. The predicted molar refractivity (Wildman–Crippen MR) is 121 cm³/mol. The number of thioether (sulfide) groups is 1. The Balaban J connectivity index is 1.62. The van der Waals surface area contributed by atoms with Gasteiger partial charge < -0.3 is 10.1 Å². The Hall–Kier alpha value is -2.97. The molecule has 0 aromatic heterocycles. The Morgan fingerprint density at radius 3 is 2.10 bits per heavy atom. The summed E-state index contributed by atoms with van der Waals surface area (Å²) in [5, 5.41) is 2.52. The largest absolute Gasteiger partial charge is 0.497 e. The molecule has 3 aromatic carbocycles. The second-order valence-corrected chi connectivity index (χ2v) is 9.52. The number of nitrogens with one attached hydrogen (secondary N) is 2. The number of benzene rings is 3. The van der Waals surface area contributed by atoms with Gasteiger partial charge in [-0.25, -0.2) is 8.42 Å². The van der Waals surface area contributed by atoms with Crippen molar-refractivity contribution in [3.05, 3.63) is 78.9 Å². The molecular formula is C22H22N2O4S2. The summed E-state index contributed by atoms with van der Waals surface area (Å²) in [4.78, 5) is 13.5. The van der Waals surface area contributed by atoms with Crippen LogP contribution in [0.1, 0.15) is 6.92 Å².